The first-order chi connectivity index (χ1) is 12.3. The summed E-state index contributed by atoms with van der Waals surface area (Å²) in [6.45, 7) is 2.15. The summed E-state index contributed by atoms with van der Waals surface area (Å²) >= 11 is 6.04. The summed E-state index contributed by atoms with van der Waals surface area (Å²) in [5.74, 6) is 1.21. The summed E-state index contributed by atoms with van der Waals surface area (Å²) in [7, 11) is -2.23. The second-order valence-corrected chi connectivity index (χ2v) is 8.26. The number of hydrogen-bond donors (Lipinski definition) is 0. The van der Waals surface area contributed by atoms with Crippen LogP contribution < -0.4 is 15.1 Å². The second-order valence-electron chi connectivity index (χ2n) is 5.91. The summed E-state index contributed by atoms with van der Waals surface area (Å²) in [6.07, 6.45) is 0.169. The number of sulfonamides is 1. The third-order valence-electron chi connectivity index (χ3n) is 4.04. The van der Waals surface area contributed by atoms with E-state index in [1.807, 2.05) is 0 Å². The first-order valence-corrected chi connectivity index (χ1v) is 9.73. The molecule has 2 heterocycles. The van der Waals surface area contributed by atoms with Crippen LogP contribution in [0.5, 0.6) is 11.5 Å². The number of nitrogens with zero attached hydrogens (tertiary/aromatic N) is 1. The minimum atomic E-state index is -3.69. The molecule has 1 aromatic heterocycles. The van der Waals surface area contributed by atoms with Crippen molar-refractivity contribution in [3.05, 3.63) is 51.5 Å². The van der Waals surface area contributed by atoms with Crippen LogP contribution in [0.1, 0.15) is 12.2 Å². The van der Waals surface area contributed by atoms with Crippen molar-refractivity contribution in [1.82, 2.24) is 4.31 Å². The first-order valence-electron chi connectivity index (χ1n) is 7.92. The van der Waals surface area contributed by atoms with E-state index in [9.17, 15) is 13.2 Å². The molecule has 1 fully saturated rings. The van der Waals surface area contributed by atoms with Crippen molar-refractivity contribution in [2.24, 2.45) is 0 Å². The van der Waals surface area contributed by atoms with E-state index in [2.05, 4.69) is 0 Å². The van der Waals surface area contributed by atoms with Crippen LogP contribution >= 0.6 is 11.6 Å². The topological polar surface area (TPSA) is 86.1 Å². The van der Waals surface area contributed by atoms with E-state index >= 15 is 0 Å². The van der Waals surface area contributed by atoms with Gasteiger partial charge in [0, 0.05) is 12.6 Å². The van der Waals surface area contributed by atoms with Crippen LogP contribution in [0.15, 0.2) is 44.4 Å². The summed E-state index contributed by atoms with van der Waals surface area (Å²) < 4.78 is 42.6. The molecule has 2 aromatic rings. The van der Waals surface area contributed by atoms with Gasteiger partial charge in [-0.05, 0) is 31.5 Å². The van der Waals surface area contributed by atoms with E-state index in [-0.39, 0.29) is 22.6 Å². The molecule has 0 saturated carbocycles. The summed E-state index contributed by atoms with van der Waals surface area (Å²) in [4.78, 5) is 11.5. The quantitative estimate of drug-likeness (QED) is 0.767. The van der Waals surface area contributed by atoms with Gasteiger partial charge in [0.25, 0.3) is 0 Å². The average Bonchev–Trinajstić information content (AvgIpc) is 3.03. The maximum absolute atomic E-state index is 12.8. The Hall–Kier alpha value is -2.03. The van der Waals surface area contributed by atoms with Crippen LogP contribution in [0.4, 0.5) is 0 Å². The van der Waals surface area contributed by atoms with Gasteiger partial charge in [0.15, 0.2) is 0 Å². The molecule has 1 aliphatic rings. The third-order valence-corrected chi connectivity index (χ3v) is 6.20. The first kappa shape index (κ1) is 18.8. The number of benzene rings is 1. The van der Waals surface area contributed by atoms with Crippen molar-refractivity contribution in [3.8, 4) is 11.5 Å². The lowest BCUT2D eigenvalue weighted by molar-refractivity contribution is 0.213. The molecule has 1 aliphatic heterocycles. The van der Waals surface area contributed by atoms with Crippen molar-refractivity contribution >= 4 is 21.6 Å². The maximum atomic E-state index is 12.8. The average molecular weight is 400 g/mol. The molecule has 9 heteroatoms. The minimum absolute atomic E-state index is 0.0974. The van der Waals surface area contributed by atoms with Crippen molar-refractivity contribution in [3.63, 3.8) is 0 Å². The van der Waals surface area contributed by atoms with Gasteiger partial charge in [-0.15, -0.1) is 0 Å². The lowest BCUT2D eigenvalue weighted by atomic mass is 10.3. The molecule has 0 unspecified atom stereocenters. The Kier molecular flexibility index (Phi) is 5.27. The lowest BCUT2D eigenvalue weighted by Gasteiger charge is -2.18. The molecule has 0 N–H and O–H groups in total. The molecule has 0 radical (unpaired) electrons. The SMILES string of the molecule is COc1ccc(S(=O)(=O)N2CC[C@@H](Oc3cc(C)oc(=O)c3)C2)cc1Cl. The third kappa shape index (κ3) is 3.87. The van der Waals surface area contributed by atoms with Crippen LogP contribution in [0.2, 0.25) is 5.02 Å². The van der Waals surface area contributed by atoms with Gasteiger partial charge in [0.2, 0.25) is 10.0 Å². The number of aryl methyl sites for hydroxylation is 1. The number of halogens is 1. The van der Waals surface area contributed by atoms with E-state index < -0.39 is 15.6 Å². The van der Waals surface area contributed by atoms with Crippen molar-refractivity contribution in [2.75, 3.05) is 20.2 Å². The van der Waals surface area contributed by atoms with Gasteiger partial charge < -0.3 is 13.9 Å². The molecule has 26 heavy (non-hydrogen) atoms. The molecule has 0 bridgehead atoms. The highest BCUT2D eigenvalue weighted by atomic mass is 35.5. The highest BCUT2D eigenvalue weighted by Crippen LogP contribution is 2.30. The van der Waals surface area contributed by atoms with Gasteiger partial charge in [-0.25, -0.2) is 13.2 Å². The number of rotatable bonds is 5. The summed E-state index contributed by atoms with van der Waals surface area (Å²) in [5.41, 5.74) is -0.504. The van der Waals surface area contributed by atoms with Gasteiger partial charge in [0.05, 0.1) is 29.6 Å². The van der Waals surface area contributed by atoms with E-state index in [0.717, 1.165) is 0 Å². The Morgan fingerprint density at radius 1 is 1.27 bits per heavy atom. The molecule has 3 rings (SSSR count). The summed E-state index contributed by atoms with van der Waals surface area (Å²) in [6, 6.07) is 7.19. The van der Waals surface area contributed by atoms with E-state index in [0.29, 0.717) is 30.2 Å². The Balaban J connectivity index is 1.75. The smallest absolute Gasteiger partial charge is 0.339 e. The normalized spacial score (nSPS) is 18.0. The molecule has 0 spiro atoms. The predicted molar refractivity (Wildman–Crippen MR) is 95.5 cm³/mol. The Morgan fingerprint density at radius 2 is 2.04 bits per heavy atom. The summed E-state index contributed by atoms with van der Waals surface area (Å²) in [5, 5.41) is 0.229. The van der Waals surface area contributed by atoms with Crippen molar-refractivity contribution < 1.29 is 22.3 Å². The Labute approximate surface area is 156 Å². The van der Waals surface area contributed by atoms with Crippen LogP contribution in [-0.4, -0.2) is 39.0 Å². The molecule has 0 amide bonds. The molecule has 1 saturated heterocycles. The number of methoxy groups -OCH3 is 1. The van der Waals surface area contributed by atoms with E-state index in [1.165, 1.54) is 35.7 Å². The zero-order chi connectivity index (χ0) is 18.9. The fourth-order valence-electron chi connectivity index (χ4n) is 2.81. The molecule has 7 nitrogen and oxygen atoms in total. The molecular formula is C17H18ClNO6S. The molecule has 0 aliphatic carbocycles. The van der Waals surface area contributed by atoms with Crippen LogP contribution in [-0.2, 0) is 10.0 Å². The fraction of sp³-hybridized carbons (Fsp3) is 0.353. The monoisotopic (exact) mass is 399 g/mol. The van der Waals surface area contributed by atoms with Gasteiger partial charge >= 0.3 is 5.63 Å². The molecular weight excluding hydrogens is 382 g/mol. The Bertz CT molecular complexity index is 971. The second kappa shape index (κ2) is 7.30. The molecule has 1 atom stereocenters. The maximum Gasteiger partial charge on any atom is 0.339 e. The minimum Gasteiger partial charge on any atom is -0.495 e. The van der Waals surface area contributed by atoms with Crippen molar-refractivity contribution in [1.29, 1.82) is 0 Å². The van der Waals surface area contributed by atoms with E-state index in [1.54, 1.807) is 13.0 Å². The van der Waals surface area contributed by atoms with Crippen LogP contribution in [0.25, 0.3) is 0 Å². The standard InChI is InChI=1S/C17H18ClNO6S/c1-11-7-13(8-17(20)24-11)25-12-5-6-19(10-12)26(21,22)14-3-4-16(23-2)15(18)9-14/h3-4,7-9,12H,5-6,10H2,1-2H3/t12-/m1/s1. The zero-order valence-electron chi connectivity index (χ0n) is 14.3. The highest BCUT2D eigenvalue weighted by molar-refractivity contribution is 7.89. The predicted octanol–water partition coefficient (Wildman–Crippen LogP) is 2.45. The Morgan fingerprint density at radius 3 is 2.69 bits per heavy atom. The van der Waals surface area contributed by atoms with Crippen LogP contribution in [0.3, 0.4) is 0 Å². The zero-order valence-corrected chi connectivity index (χ0v) is 15.8. The van der Waals surface area contributed by atoms with Gasteiger partial charge in [-0.2, -0.15) is 4.31 Å². The van der Waals surface area contributed by atoms with E-state index in [4.69, 9.17) is 25.5 Å². The van der Waals surface area contributed by atoms with Gasteiger partial charge in [-0.1, -0.05) is 11.6 Å². The van der Waals surface area contributed by atoms with Crippen molar-refractivity contribution in [2.45, 2.75) is 24.3 Å². The van der Waals surface area contributed by atoms with Crippen LogP contribution in [0, 0.1) is 6.92 Å². The largest absolute Gasteiger partial charge is 0.495 e. The highest BCUT2D eigenvalue weighted by Gasteiger charge is 2.34. The molecule has 140 valence electrons. The van der Waals surface area contributed by atoms with Gasteiger partial charge in [0.1, 0.15) is 23.4 Å². The number of hydrogen-bond acceptors (Lipinski definition) is 6. The van der Waals surface area contributed by atoms with Gasteiger partial charge in [-0.3, -0.25) is 0 Å². The fourth-order valence-corrected chi connectivity index (χ4v) is 4.64. The molecule has 1 aromatic carbocycles. The number of ether oxygens (including phenoxy) is 2. The lowest BCUT2D eigenvalue weighted by Crippen LogP contribution is -2.31.